The predicted molar refractivity (Wildman–Crippen MR) is 126 cm³/mol. The lowest BCUT2D eigenvalue weighted by molar-refractivity contribution is -0.0159. The molecule has 4 aromatic rings. The van der Waals surface area contributed by atoms with E-state index >= 15 is 0 Å². The molecule has 0 spiro atoms. The second-order valence-corrected chi connectivity index (χ2v) is 9.38. The van der Waals surface area contributed by atoms with Gasteiger partial charge in [-0.1, -0.05) is 42.2 Å². The van der Waals surface area contributed by atoms with Crippen molar-refractivity contribution in [3.05, 3.63) is 65.4 Å². The van der Waals surface area contributed by atoms with E-state index in [0.717, 1.165) is 28.9 Å². The van der Waals surface area contributed by atoms with E-state index in [1.165, 1.54) is 43.2 Å². The van der Waals surface area contributed by atoms with Gasteiger partial charge in [0.15, 0.2) is 0 Å². The molecule has 1 fully saturated rings. The van der Waals surface area contributed by atoms with Crippen molar-refractivity contribution in [2.24, 2.45) is 5.16 Å². The Labute approximate surface area is 196 Å². The average molecular weight is 460 g/mol. The molecule has 2 aromatic heterocycles. The molecule has 2 aliphatic rings. The molecule has 6 rings (SSSR count). The van der Waals surface area contributed by atoms with Crippen molar-refractivity contribution in [3.8, 4) is 11.5 Å². The Kier molecular flexibility index (Phi) is 4.97. The van der Waals surface area contributed by atoms with Crippen LogP contribution in [0.4, 0.5) is 4.39 Å². The van der Waals surface area contributed by atoms with Crippen molar-refractivity contribution < 1.29 is 13.8 Å². The molecular weight excluding hydrogens is 433 g/mol. The minimum Gasteiger partial charge on any atom is -0.380 e. The maximum atomic E-state index is 13.2. The summed E-state index contributed by atoms with van der Waals surface area (Å²) in [6.45, 7) is 4.05. The first-order chi connectivity index (χ1) is 16.5. The number of benzene rings is 2. The molecule has 0 amide bonds. The summed E-state index contributed by atoms with van der Waals surface area (Å²) < 4.78 is 20.9. The van der Waals surface area contributed by atoms with E-state index in [-0.39, 0.29) is 5.82 Å². The second-order valence-electron chi connectivity index (χ2n) is 9.38. The van der Waals surface area contributed by atoms with Gasteiger partial charge < -0.3 is 9.36 Å². The van der Waals surface area contributed by atoms with Gasteiger partial charge >= 0.3 is 0 Å². The van der Waals surface area contributed by atoms with E-state index in [0.29, 0.717) is 29.7 Å². The van der Waals surface area contributed by atoms with E-state index in [4.69, 9.17) is 14.5 Å². The molecule has 0 bridgehead atoms. The Morgan fingerprint density at radius 1 is 1.09 bits per heavy atom. The summed E-state index contributed by atoms with van der Waals surface area (Å²) in [7, 11) is 0. The lowest BCUT2D eigenvalue weighted by atomic mass is 9.94. The normalized spacial score (nSPS) is 20.7. The van der Waals surface area contributed by atoms with Crippen LogP contribution in [0.5, 0.6) is 0 Å². The van der Waals surface area contributed by atoms with Crippen LogP contribution in [0.25, 0.3) is 22.4 Å². The molecule has 7 nitrogen and oxygen atoms in total. The van der Waals surface area contributed by atoms with Crippen LogP contribution in [-0.4, -0.2) is 25.6 Å². The molecule has 3 heterocycles. The molecule has 34 heavy (non-hydrogen) atoms. The zero-order valence-electron chi connectivity index (χ0n) is 19.3. The van der Waals surface area contributed by atoms with Crippen LogP contribution in [-0.2, 0) is 16.9 Å². The highest BCUT2D eigenvalue weighted by Gasteiger charge is 2.41. The van der Waals surface area contributed by atoms with Crippen LogP contribution in [0, 0.1) is 5.82 Å². The fourth-order valence-corrected chi connectivity index (χ4v) is 5.03. The number of nitrogens with zero attached hydrogens (tertiary/aromatic N) is 5. The average Bonchev–Trinajstić information content (AvgIpc) is 3.65. The summed E-state index contributed by atoms with van der Waals surface area (Å²) >= 11 is 0. The highest BCUT2D eigenvalue weighted by molar-refractivity contribution is 6.04. The Bertz CT molecular complexity index is 1380. The molecule has 0 N–H and O–H groups in total. The first kappa shape index (κ1) is 21.0. The molecule has 8 heteroatoms. The molecule has 1 saturated carbocycles. The third kappa shape index (κ3) is 3.48. The van der Waals surface area contributed by atoms with Gasteiger partial charge in [0.1, 0.15) is 5.82 Å². The highest BCUT2D eigenvalue weighted by Crippen LogP contribution is 2.37. The molecule has 1 unspecified atom stereocenters. The number of oxime groups is 1. The fourth-order valence-electron chi connectivity index (χ4n) is 5.03. The second kappa shape index (κ2) is 8.04. The Balaban J connectivity index is 1.29. The lowest BCUT2D eigenvalue weighted by Crippen LogP contribution is -2.23. The van der Waals surface area contributed by atoms with Gasteiger partial charge in [-0.2, -0.15) is 10.1 Å². The zero-order chi connectivity index (χ0) is 23.3. The molecule has 0 radical (unpaired) electrons. The summed E-state index contributed by atoms with van der Waals surface area (Å²) in [4.78, 5) is 10.4. The largest absolute Gasteiger partial charge is 0.380 e. The molecule has 174 valence electrons. The smallest absolute Gasteiger partial charge is 0.258 e. The monoisotopic (exact) mass is 459 g/mol. The molecule has 0 saturated heterocycles. The van der Waals surface area contributed by atoms with Crippen molar-refractivity contribution in [1.29, 1.82) is 0 Å². The SMILES string of the molecule is CCc1nn(C2CCCC2)c2cc(C3=NOC(C)(c4noc(-c5ccc(F)cc5)n4)C3)ccc12. The highest BCUT2D eigenvalue weighted by atomic mass is 19.1. The molecule has 1 aliphatic heterocycles. The van der Waals surface area contributed by atoms with E-state index in [2.05, 4.69) is 45.1 Å². The standard InChI is InChI=1S/C26H26FN5O2/c1-3-21-20-13-10-17(14-23(20)32(29-21)19-6-4-5-7-19)22-15-26(2,34-30-22)25-28-24(33-31-25)16-8-11-18(27)12-9-16/h8-14,19H,3-7,15H2,1-2H3. The van der Waals surface area contributed by atoms with Gasteiger partial charge in [-0.25, -0.2) is 4.39 Å². The number of halogens is 1. The van der Waals surface area contributed by atoms with Gasteiger partial charge in [0.25, 0.3) is 5.89 Å². The minimum atomic E-state index is -0.841. The molecule has 1 aliphatic carbocycles. The summed E-state index contributed by atoms with van der Waals surface area (Å²) in [6, 6.07) is 12.9. The van der Waals surface area contributed by atoms with Gasteiger partial charge in [-0.3, -0.25) is 4.68 Å². The first-order valence-electron chi connectivity index (χ1n) is 11.9. The van der Waals surface area contributed by atoms with Crippen LogP contribution in [0.1, 0.15) is 69.1 Å². The van der Waals surface area contributed by atoms with Gasteiger partial charge in [0.2, 0.25) is 11.4 Å². The van der Waals surface area contributed by atoms with E-state index in [1.54, 1.807) is 12.1 Å². The maximum absolute atomic E-state index is 13.2. The maximum Gasteiger partial charge on any atom is 0.258 e. The van der Waals surface area contributed by atoms with Gasteiger partial charge in [0.05, 0.1) is 23.0 Å². The predicted octanol–water partition coefficient (Wildman–Crippen LogP) is 5.94. The quantitative estimate of drug-likeness (QED) is 0.369. The van der Waals surface area contributed by atoms with E-state index in [9.17, 15) is 4.39 Å². The number of hydrogen-bond acceptors (Lipinski definition) is 6. The number of rotatable bonds is 5. The Morgan fingerprint density at radius 3 is 2.62 bits per heavy atom. The number of aromatic nitrogens is 4. The van der Waals surface area contributed by atoms with Gasteiger partial charge in [-0.05, 0) is 56.5 Å². The summed E-state index contributed by atoms with van der Waals surface area (Å²) in [5.41, 5.74) is 3.97. The Hall–Kier alpha value is -3.55. The molecular formula is C26H26FN5O2. The van der Waals surface area contributed by atoms with Crippen molar-refractivity contribution in [3.63, 3.8) is 0 Å². The zero-order valence-corrected chi connectivity index (χ0v) is 19.3. The summed E-state index contributed by atoms with van der Waals surface area (Å²) in [5, 5.41) is 14.7. The topological polar surface area (TPSA) is 78.3 Å². The van der Waals surface area contributed by atoms with E-state index < -0.39 is 5.60 Å². The van der Waals surface area contributed by atoms with Crippen molar-refractivity contribution >= 4 is 16.6 Å². The Morgan fingerprint density at radius 2 is 1.85 bits per heavy atom. The third-order valence-corrected chi connectivity index (χ3v) is 6.97. The number of aryl methyl sites for hydroxylation is 1. The van der Waals surface area contributed by atoms with Crippen molar-refractivity contribution in [1.82, 2.24) is 19.9 Å². The van der Waals surface area contributed by atoms with Crippen LogP contribution < -0.4 is 0 Å². The van der Waals surface area contributed by atoms with Gasteiger partial charge in [0, 0.05) is 22.9 Å². The minimum absolute atomic E-state index is 0.315. The third-order valence-electron chi connectivity index (χ3n) is 6.97. The van der Waals surface area contributed by atoms with Crippen LogP contribution in [0.2, 0.25) is 0 Å². The lowest BCUT2D eigenvalue weighted by Gasteiger charge is -2.16. The summed E-state index contributed by atoms with van der Waals surface area (Å²) in [6.07, 6.45) is 6.30. The van der Waals surface area contributed by atoms with Crippen molar-refractivity contribution in [2.75, 3.05) is 0 Å². The van der Waals surface area contributed by atoms with Crippen LogP contribution >= 0.6 is 0 Å². The summed E-state index contributed by atoms with van der Waals surface area (Å²) in [5.74, 6) is 0.420. The van der Waals surface area contributed by atoms with E-state index in [1.807, 2.05) is 6.92 Å². The fraction of sp³-hybridized carbons (Fsp3) is 0.385. The molecule has 1 atom stereocenters. The first-order valence-corrected chi connectivity index (χ1v) is 11.9. The molecule has 2 aromatic carbocycles. The number of hydrogen-bond donors (Lipinski definition) is 0. The van der Waals surface area contributed by atoms with Crippen molar-refractivity contribution in [2.45, 2.75) is 64.0 Å². The van der Waals surface area contributed by atoms with Crippen LogP contribution in [0.3, 0.4) is 0 Å². The van der Waals surface area contributed by atoms with Crippen LogP contribution in [0.15, 0.2) is 52.1 Å². The van der Waals surface area contributed by atoms with Gasteiger partial charge in [-0.15, -0.1) is 0 Å². The number of fused-ring (bicyclic) bond motifs is 1.